The van der Waals surface area contributed by atoms with Gasteiger partial charge in [0.15, 0.2) is 21.3 Å². The fourth-order valence-electron chi connectivity index (χ4n) is 4.78. The normalized spacial score (nSPS) is 19.4. The lowest BCUT2D eigenvalue weighted by Crippen LogP contribution is -2.47. The Morgan fingerprint density at radius 3 is 2.59 bits per heavy atom. The van der Waals surface area contributed by atoms with E-state index in [1.54, 1.807) is 0 Å². The molecule has 1 amide bonds. The van der Waals surface area contributed by atoms with E-state index in [0.717, 1.165) is 12.1 Å². The summed E-state index contributed by atoms with van der Waals surface area (Å²) in [6, 6.07) is 1.59. The van der Waals surface area contributed by atoms with Gasteiger partial charge in [-0.2, -0.15) is 0 Å². The number of amides is 1. The Labute approximate surface area is 199 Å². The molecule has 2 aliphatic rings. The van der Waals surface area contributed by atoms with Gasteiger partial charge in [0.2, 0.25) is 0 Å². The number of aromatic nitrogens is 2. The van der Waals surface area contributed by atoms with Gasteiger partial charge >= 0.3 is 6.09 Å². The number of piperidine rings is 1. The number of primary amides is 1. The fourth-order valence-corrected chi connectivity index (χ4v) is 6.43. The van der Waals surface area contributed by atoms with Crippen LogP contribution in [0.4, 0.5) is 13.6 Å². The average Bonchev–Trinajstić information content (AvgIpc) is 3.09. The topological polar surface area (TPSA) is 144 Å². The van der Waals surface area contributed by atoms with Gasteiger partial charge in [-0.05, 0) is 38.1 Å². The molecule has 4 N–H and O–H groups in total. The smallest absolute Gasteiger partial charge is 0.405 e. The van der Waals surface area contributed by atoms with Gasteiger partial charge in [0.1, 0.15) is 11.6 Å². The van der Waals surface area contributed by atoms with Crippen molar-refractivity contribution >= 4 is 27.5 Å². The predicted octanol–water partition coefficient (Wildman–Crippen LogP) is 2.18. The molecule has 2 aromatic rings. The number of benzene rings is 1. The lowest BCUT2D eigenvalue weighted by Gasteiger charge is -2.41. The summed E-state index contributed by atoms with van der Waals surface area (Å²) in [5.74, 6) is -3.36. The number of nitrogens with one attached hydrogen (secondary N) is 1. The zero-order valence-corrected chi connectivity index (χ0v) is 19.6. The molecule has 34 heavy (non-hydrogen) atoms. The third kappa shape index (κ3) is 4.59. The molecule has 0 saturated carbocycles. The van der Waals surface area contributed by atoms with Crippen molar-refractivity contribution in [2.45, 2.75) is 36.4 Å². The molecule has 0 bridgehead atoms. The summed E-state index contributed by atoms with van der Waals surface area (Å²) in [6.45, 7) is 0.729. The maximum Gasteiger partial charge on any atom is 0.405 e. The van der Waals surface area contributed by atoms with Crippen molar-refractivity contribution in [1.29, 1.82) is 0 Å². The lowest BCUT2D eigenvalue weighted by molar-refractivity contribution is -0.0649. The highest BCUT2D eigenvalue weighted by Gasteiger charge is 2.49. The second kappa shape index (κ2) is 9.33. The van der Waals surface area contributed by atoms with E-state index in [2.05, 4.69) is 15.3 Å². The molecular weight excluding hydrogens is 494 g/mol. The molecule has 0 spiro atoms. The third-order valence-corrected chi connectivity index (χ3v) is 7.96. The number of sulfone groups is 1. The molecule has 13 heteroatoms. The van der Waals surface area contributed by atoms with Crippen LogP contribution in [0, 0.1) is 17.6 Å². The van der Waals surface area contributed by atoms with E-state index < -0.39 is 56.3 Å². The number of aliphatic hydroxyl groups excluding tert-OH is 1. The van der Waals surface area contributed by atoms with Gasteiger partial charge in [-0.25, -0.2) is 32.0 Å². The first-order valence-corrected chi connectivity index (χ1v) is 12.8. The number of halogens is 3. The number of nitrogens with zero attached hydrogens (tertiary/aromatic N) is 2. The van der Waals surface area contributed by atoms with E-state index in [1.807, 2.05) is 0 Å². The average molecular weight is 517 g/mol. The standard InChI is InChI=1S/C21H23ClF2N4O5S/c22-14-8-15(23)12(7-16(14)24)19-27-17-10-34(31,32)9-13(17)18(28-19)21(3-6-29,33-20(25)30)11-1-4-26-5-2-11/h7-8,11,26,29H,1-6,9-10H2,(H2,25,30). The van der Waals surface area contributed by atoms with Crippen molar-refractivity contribution < 1.29 is 31.8 Å². The van der Waals surface area contributed by atoms with Crippen molar-refractivity contribution in [2.75, 3.05) is 19.7 Å². The van der Waals surface area contributed by atoms with Crippen LogP contribution in [0.3, 0.4) is 0 Å². The SMILES string of the molecule is NC(=O)OC(CCO)(c1nc(-c2cc(F)c(Cl)cc2F)nc2c1CS(=O)(=O)C2)C1CCNCC1. The van der Waals surface area contributed by atoms with E-state index in [0.29, 0.717) is 25.9 Å². The van der Waals surface area contributed by atoms with Gasteiger partial charge in [-0.3, -0.25) is 0 Å². The number of rotatable bonds is 6. The zero-order chi connectivity index (χ0) is 24.7. The summed E-state index contributed by atoms with van der Waals surface area (Å²) in [6.07, 6.45) is -0.234. The van der Waals surface area contributed by atoms with E-state index in [9.17, 15) is 27.1 Å². The Hall–Kier alpha value is -2.41. The Kier molecular flexibility index (Phi) is 6.78. The van der Waals surface area contributed by atoms with E-state index in [4.69, 9.17) is 22.1 Å². The molecule has 2 aliphatic heterocycles. The zero-order valence-electron chi connectivity index (χ0n) is 18.0. The molecule has 1 atom stereocenters. The minimum atomic E-state index is -3.62. The molecule has 1 saturated heterocycles. The van der Waals surface area contributed by atoms with E-state index in [-0.39, 0.29) is 40.7 Å². The molecule has 1 aromatic carbocycles. The van der Waals surface area contributed by atoms with Crippen LogP contribution < -0.4 is 11.1 Å². The molecule has 0 radical (unpaired) electrons. The highest BCUT2D eigenvalue weighted by atomic mass is 35.5. The molecule has 0 aliphatic carbocycles. The van der Waals surface area contributed by atoms with Crippen LogP contribution in [0.5, 0.6) is 0 Å². The van der Waals surface area contributed by atoms with E-state index in [1.165, 1.54) is 0 Å². The van der Waals surface area contributed by atoms with Crippen LogP contribution in [-0.2, 0) is 31.7 Å². The van der Waals surface area contributed by atoms with E-state index >= 15 is 0 Å². The fraction of sp³-hybridized carbons (Fsp3) is 0.476. The number of ether oxygens (including phenoxy) is 1. The molecule has 4 rings (SSSR count). The van der Waals surface area contributed by atoms with Crippen LogP contribution in [0.2, 0.25) is 5.02 Å². The summed E-state index contributed by atoms with van der Waals surface area (Å²) >= 11 is 5.67. The minimum Gasteiger partial charge on any atom is -0.436 e. The number of carbonyl (C=O) groups is 1. The Bertz CT molecular complexity index is 1240. The van der Waals surface area contributed by atoms with Gasteiger partial charge < -0.3 is 20.9 Å². The molecule has 184 valence electrons. The maximum atomic E-state index is 14.8. The summed E-state index contributed by atoms with van der Waals surface area (Å²) in [7, 11) is -3.62. The minimum absolute atomic E-state index is 0.0306. The van der Waals surface area contributed by atoms with Gasteiger partial charge in [0.05, 0.1) is 33.5 Å². The largest absolute Gasteiger partial charge is 0.436 e. The molecule has 9 nitrogen and oxygen atoms in total. The molecule has 1 unspecified atom stereocenters. The monoisotopic (exact) mass is 516 g/mol. The molecule has 1 aromatic heterocycles. The quantitative estimate of drug-likeness (QED) is 0.495. The van der Waals surface area contributed by atoms with Crippen molar-refractivity contribution in [3.8, 4) is 11.4 Å². The Morgan fingerprint density at radius 2 is 1.94 bits per heavy atom. The first-order chi connectivity index (χ1) is 16.1. The summed E-state index contributed by atoms with van der Waals surface area (Å²) in [4.78, 5) is 20.7. The Balaban J connectivity index is 2.01. The number of hydrogen-bond acceptors (Lipinski definition) is 8. The number of hydrogen-bond donors (Lipinski definition) is 3. The van der Waals surface area contributed by atoms with Gasteiger partial charge in [0, 0.05) is 24.5 Å². The van der Waals surface area contributed by atoms with Crippen LogP contribution in [0.15, 0.2) is 12.1 Å². The van der Waals surface area contributed by atoms with Gasteiger partial charge in [-0.15, -0.1) is 0 Å². The van der Waals surface area contributed by atoms with Gasteiger partial charge in [-0.1, -0.05) is 11.6 Å². The summed E-state index contributed by atoms with van der Waals surface area (Å²) in [5, 5.41) is 12.7. The number of aliphatic hydroxyl groups is 1. The van der Waals surface area contributed by atoms with Crippen molar-refractivity contribution in [3.63, 3.8) is 0 Å². The van der Waals surface area contributed by atoms with Crippen LogP contribution >= 0.6 is 11.6 Å². The Morgan fingerprint density at radius 1 is 1.24 bits per heavy atom. The number of carbonyl (C=O) groups excluding carboxylic acids is 1. The van der Waals surface area contributed by atoms with Crippen molar-refractivity contribution in [1.82, 2.24) is 15.3 Å². The van der Waals surface area contributed by atoms with Crippen molar-refractivity contribution in [3.05, 3.63) is 45.7 Å². The summed E-state index contributed by atoms with van der Waals surface area (Å²) < 4.78 is 59.6. The van der Waals surface area contributed by atoms with Crippen LogP contribution in [0.1, 0.15) is 36.2 Å². The molecular formula is C21H23ClF2N4O5S. The number of fused-ring (bicyclic) bond motifs is 1. The first-order valence-electron chi connectivity index (χ1n) is 10.6. The third-order valence-electron chi connectivity index (χ3n) is 6.23. The van der Waals surface area contributed by atoms with Crippen LogP contribution in [0.25, 0.3) is 11.4 Å². The van der Waals surface area contributed by atoms with Crippen molar-refractivity contribution in [2.24, 2.45) is 11.7 Å². The molecule has 1 fully saturated rings. The van der Waals surface area contributed by atoms with Crippen LogP contribution in [-0.4, -0.2) is 49.3 Å². The number of nitrogens with two attached hydrogens (primary N) is 1. The van der Waals surface area contributed by atoms with Gasteiger partial charge in [0.25, 0.3) is 0 Å². The lowest BCUT2D eigenvalue weighted by atomic mass is 9.75. The highest BCUT2D eigenvalue weighted by Crippen LogP contribution is 2.45. The first kappa shape index (κ1) is 24.7. The summed E-state index contributed by atoms with van der Waals surface area (Å²) in [5.41, 5.74) is 3.83. The second-order valence-electron chi connectivity index (χ2n) is 8.41. The highest BCUT2D eigenvalue weighted by molar-refractivity contribution is 7.90. The second-order valence-corrected chi connectivity index (χ2v) is 10.9. The maximum absolute atomic E-state index is 14.8. The predicted molar refractivity (Wildman–Crippen MR) is 118 cm³/mol. The molecule has 3 heterocycles.